The van der Waals surface area contributed by atoms with Gasteiger partial charge < -0.3 is 4.74 Å². The SMILES string of the molecule is Cc1csc([C@H](C#N)C(=O)COC(=O)c2cn(-c3ccccc3)nc2-c2ccc(Cl)cc2)n1. The molecule has 0 spiro atoms. The zero-order valence-electron chi connectivity index (χ0n) is 17.4. The van der Waals surface area contributed by atoms with Crippen molar-refractivity contribution < 1.29 is 14.3 Å². The van der Waals surface area contributed by atoms with Crippen LogP contribution in [0, 0.1) is 18.3 Å². The van der Waals surface area contributed by atoms with Crippen LogP contribution >= 0.6 is 22.9 Å². The number of ketones is 1. The van der Waals surface area contributed by atoms with Gasteiger partial charge >= 0.3 is 5.97 Å². The molecule has 7 nitrogen and oxygen atoms in total. The number of nitriles is 1. The van der Waals surface area contributed by atoms with Crippen LogP contribution in [0.1, 0.15) is 27.0 Å². The Morgan fingerprint density at radius 3 is 2.55 bits per heavy atom. The summed E-state index contributed by atoms with van der Waals surface area (Å²) >= 11 is 7.22. The number of para-hydroxylation sites is 1. The van der Waals surface area contributed by atoms with Crippen LogP contribution in [0.15, 0.2) is 66.2 Å². The second-order valence-electron chi connectivity index (χ2n) is 7.11. The molecule has 33 heavy (non-hydrogen) atoms. The second kappa shape index (κ2) is 9.77. The van der Waals surface area contributed by atoms with Gasteiger partial charge in [0.05, 0.1) is 11.8 Å². The number of carbonyl (C=O) groups excluding carboxylic acids is 2. The third-order valence-corrected chi connectivity index (χ3v) is 6.03. The molecule has 9 heteroatoms. The fraction of sp³-hybridized carbons (Fsp3) is 0.125. The zero-order chi connectivity index (χ0) is 23.4. The molecular weight excluding hydrogens is 460 g/mol. The maximum Gasteiger partial charge on any atom is 0.342 e. The van der Waals surface area contributed by atoms with Crippen molar-refractivity contribution in [3.8, 4) is 23.0 Å². The number of benzene rings is 2. The van der Waals surface area contributed by atoms with Crippen molar-refractivity contribution >= 4 is 34.7 Å². The van der Waals surface area contributed by atoms with Crippen LogP contribution in [0.25, 0.3) is 16.9 Å². The lowest BCUT2D eigenvalue weighted by Crippen LogP contribution is -2.20. The van der Waals surface area contributed by atoms with Gasteiger partial charge in [0.25, 0.3) is 0 Å². The van der Waals surface area contributed by atoms with Gasteiger partial charge in [0.15, 0.2) is 18.3 Å². The summed E-state index contributed by atoms with van der Waals surface area (Å²) < 4.78 is 6.86. The van der Waals surface area contributed by atoms with E-state index in [4.69, 9.17) is 16.3 Å². The molecule has 1 atom stereocenters. The number of rotatable bonds is 7. The summed E-state index contributed by atoms with van der Waals surface area (Å²) in [7, 11) is 0. The lowest BCUT2D eigenvalue weighted by Gasteiger charge is -2.07. The highest BCUT2D eigenvalue weighted by Crippen LogP contribution is 2.26. The minimum atomic E-state index is -1.08. The molecule has 4 aromatic rings. The van der Waals surface area contributed by atoms with Crippen LogP contribution in [0.2, 0.25) is 5.02 Å². The summed E-state index contributed by atoms with van der Waals surface area (Å²) in [6.45, 7) is 1.23. The van der Waals surface area contributed by atoms with Gasteiger partial charge in [-0.25, -0.2) is 14.5 Å². The Balaban J connectivity index is 1.59. The van der Waals surface area contributed by atoms with Crippen molar-refractivity contribution in [1.82, 2.24) is 14.8 Å². The molecule has 2 aromatic heterocycles. The first-order chi connectivity index (χ1) is 16.0. The quantitative estimate of drug-likeness (QED) is 0.348. The first kappa shape index (κ1) is 22.4. The average molecular weight is 477 g/mol. The van der Waals surface area contributed by atoms with E-state index in [2.05, 4.69) is 10.1 Å². The molecule has 2 aromatic carbocycles. The number of aromatic nitrogens is 3. The Morgan fingerprint density at radius 1 is 1.18 bits per heavy atom. The molecule has 0 saturated carbocycles. The summed E-state index contributed by atoms with van der Waals surface area (Å²) in [4.78, 5) is 29.7. The van der Waals surface area contributed by atoms with Crippen molar-refractivity contribution in [1.29, 1.82) is 5.26 Å². The third kappa shape index (κ3) is 5.00. The zero-order valence-corrected chi connectivity index (χ0v) is 19.0. The molecule has 0 bridgehead atoms. The first-order valence-electron chi connectivity index (χ1n) is 9.89. The topological polar surface area (TPSA) is 97.9 Å². The fourth-order valence-electron chi connectivity index (χ4n) is 3.12. The summed E-state index contributed by atoms with van der Waals surface area (Å²) in [6, 6.07) is 18.1. The molecule has 164 valence electrons. The molecule has 0 aliphatic heterocycles. The number of aryl methyl sites for hydroxylation is 1. The Hall–Kier alpha value is -3.80. The molecule has 0 N–H and O–H groups in total. The van der Waals surface area contributed by atoms with Crippen LogP contribution in [0.4, 0.5) is 0 Å². The monoisotopic (exact) mass is 476 g/mol. The number of carbonyl (C=O) groups is 2. The largest absolute Gasteiger partial charge is 0.454 e. The maximum absolute atomic E-state index is 13.0. The highest BCUT2D eigenvalue weighted by atomic mass is 35.5. The minimum absolute atomic E-state index is 0.188. The molecule has 0 amide bonds. The van der Waals surface area contributed by atoms with Gasteiger partial charge in [-0.15, -0.1) is 11.3 Å². The van der Waals surface area contributed by atoms with Crippen molar-refractivity contribution in [2.75, 3.05) is 6.61 Å². The molecule has 2 heterocycles. The number of nitrogens with zero attached hydrogens (tertiary/aromatic N) is 4. The highest BCUT2D eigenvalue weighted by molar-refractivity contribution is 7.09. The summed E-state index contributed by atoms with van der Waals surface area (Å²) in [5, 5.41) is 16.7. The number of Topliss-reactive ketones (excluding diaryl/α,β-unsaturated/α-hetero) is 1. The summed E-state index contributed by atoms with van der Waals surface area (Å²) in [5.41, 5.74) is 2.72. The van der Waals surface area contributed by atoms with Gasteiger partial charge in [-0.3, -0.25) is 4.79 Å². The highest BCUT2D eigenvalue weighted by Gasteiger charge is 2.26. The molecule has 0 saturated heterocycles. The van der Waals surface area contributed by atoms with Crippen LogP contribution in [0.5, 0.6) is 0 Å². The van der Waals surface area contributed by atoms with Crippen LogP contribution in [-0.4, -0.2) is 33.1 Å². The van der Waals surface area contributed by atoms with E-state index in [-0.39, 0.29) is 5.56 Å². The summed E-state index contributed by atoms with van der Waals surface area (Å²) in [5.74, 6) is -2.34. The first-order valence-corrected chi connectivity index (χ1v) is 11.1. The standard InChI is InChI=1S/C24H17ClN4O3S/c1-15-14-33-23(27-15)19(11-26)21(30)13-32-24(31)20-12-29(18-5-3-2-4-6-18)28-22(20)16-7-9-17(25)10-8-16/h2-10,12,14,19H,13H2,1H3/t19-/m1/s1. The number of hydrogen-bond acceptors (Lipinski definition) is 7. The van der Waals surface area contributed by atoms with E-state index in [1.165, 1.54) is 11.3 Å². The van der Waals surface area contributed by atoms with Gasteiger partial charge in [-0.2, -0.15) is 10.4 Å². The predicted molar refractivity (Wildman–Crippen MR) is 125 cm³/mol. The number of ether oxygens (including phenoxy) is 1. The Kier molecular flexibility index (Phi) is 6.63. The van der Waals surface area contributed by atoms with Crippen LogP contribution in [0.3, 0.4) is 0 Å². The maximum atomic E-state index is 13.0. The number of hydrogen-bond donors (Lipinski definition) is 0. The van der Waals surface area contributed by atoms with E-state index in [1.54, 1.807) is 47.4 Å². The van der Waals surface area contributed by atoms with E-state index in [0.717, 1.165) is 11.4 Å². The Morgan fingerprint density at radius 2 is 1.91 bits per heavy atom. The lowest BCUT2D eigenvalue weighted by molar-refractivity contribution is -0.122. The third-order valence-electron chi connectivity index (χ3n) is 4.75. The number of esters is 1. The molecule has 4 rings (SSSR count). The molecular formula is C24H17ClN4O3S. The number of thiazole rings is 1. The van der Waals surface area contributed by atoms with Crippen molar-refractivity contribution in [2.45, 2.75) is 12.8 Å². The van der Waals surface area contributed by atoms with E-state index in [1.807, 2.05) is 36.4 Å². The smallest absolute Gasteiger partial charge is 0.342 e. The summed E-state index contributed by atoms with van der Waals surface area (Å²) in [6.07, 6.45) is 1.55. The van der Waals surface area contributed by atoms with Gasteiger partial charge in [-0.05, 0) is 31.2 Å². The Bertz CT molecular complexity index is 1340. The fourth-order valence-corrected chi connectivity index (χ4v) is 4.11. The molecule has 0 unspecified atom stereocenters. The molecule has 0 aliphatic rings. The van der Waals surface area contributed by atoms with E-state index < -0.39 is 24.3 Å². The van der Waals surface area contributed by atoms with Crippen molar-refractivity contribution in [2.24, 2.45) is 0 Å². The average Bonchev–Trinajstić information content (AvgIpc) is 3.46. The minimum Gasteiger partial charge on any atom is -0.454 e. The normalized spacial score (nSPS) is 11.5. The lowest BCUT2D eigenvalue weighted by atomic mass is 10.1. The van der Waals surface area contributed by atoms with Gasteiger partial charge in [0, 0.05) is 27.9 Å². The van der Waals surface area contributed by atoms with Crippen LogP contribution < -0.4 is 0 Å². The van der Waals surface area contributed by atoms with Gasteiger partial charge in [0.2, 0.25) is 0 Å². The van der Waals surface area contributed by atoms with Gasteiger partial charge in [0.1, 0.15) is 16.3 Å². The Labute approximate surface area is 198 Å². The van der Waals surface area contributed by atoms with E-state index >= 15 is 0 Å². The van der Waals surface area contributed by atoms with E-state index in [0.29, 0.717) is 21.3 Å². The number of halogens is 1. The van der Waals surface area contributed by atoms with Gasteiger partial charge in [-0.1, -0.05) is 41.9 Å². The van der Waals surface area contributed by atoms with Crippen molar-refractivity contribution in [3.63, 3.8) is 0 Å². The second-order valence-corrected chi connectivity index (χ2v) is 8.44. The van der Waals surface area contributed by atoms with Crippen LogP contribution in [-0.2, 0) is 9.53 Å². The predicted octanol–water partition coefficient (Wildman–Crippen LogP) is 4.99. The molecule has 0 aliphatic carbocycles. The molecule has 0 fully saturated rings. The molecule has 0 radical (unpaired) electrons. The van der Waals surface area contributed by atoms with Crippen molar-refractivity contribution in [3.05, 3.63) is 87.5 Å². The van der Waals surface area contributed by atoms with E-state index in [9.17, 15) is 14.9 Å².